The van der Waals surface area contributed by atoms with E-state index < -0.39 is 11.9 Å². The first-order chi connectivity index (χ1) is 9.95. The summed E-state index contributed by atoms with van der Waals surface area (Å²) in [7, 11) is 1.85. The summed E-state index contributed by atoms with van der Waals surface area (Å²) in [5.74, 6) is -0.719. The Kier molecular flexibility index (Phi) is 4.98. The van der Waals surface area contributed by atoms with E-state index in [0.717, 1.165) is 11.3 Å². The van der Waals surface area contributed by atoms with Crippen LogP contribution in [0.5, 0.6) is 0 Å². The Balaban J connectivity index is 2.02. The number of hydrogen-bond acceptors (Lipinski definition) is 4. The van der Waals surface area contributed by atoms with E-state index in [1.54, 1.807) is 25.3 Å². The van der Waals surface area contributed by atoms with Crippen LogP contribution in [0.4, 0.5) is 0 Å². The van der Waals surface area contributed by atoms with E-state index in [-0.39, 0.29) is 0 Å². The number of hydrogen-bond donors (Lipinski definition) is 1. The molecule has 0 bridgehead atoms. The molecule has 0 spiro atoms. The van der Waals surface area contributed by atoms with Crippen LogP contribution in [0, 0.1) is 5.92 Å². The van der Waals surface area contributed by atoms with Gasteiger partial charge in [0.1, 0.15) is 6.26 Å². The zero-order chi connectivity index (χ0) is 15.4. The Morgan fingerprint density at radius 3 is 2.95 bits per heavy atom. The van der Waals surface area contributed by atoms with Gasteiger partial charge in [0.05, 0.1) is 11.6 Å². The molecular formula is C15H17ClN2O3. The summed E-state index contributed by atoms with van der Waals surface area (Å²) < 4.78 is 5.45. The van der Waals surface area contributed by atoms with Crippen molar-refractivity contribution < 1.29 is 14.3 Å². The molecule has 112 valence electrons. The van der Waals surface area contributed by atoms with Crippen LogP contribution in [0.2, 0.25) is 5.02 Å². The summed E-state index contributed by atoms with van der Waals surface area (Å²) in [4.78, 5) is 17.1. The number of benzene rings is 1. The fourth-order valence-electron chi connectivity index (χ4n) is 2.02. The zero-order valence-electron chi connectivity index (χ0n) is 11.9. The number of carboxylic acids is 1. The minimum atomic E-state index is -0.804. The van der Waals surface area contributed by atoms with Crippen LogP contribution in [0.3, 0.4) is 0 Å². The summed E-state index contributed by atoms with van der Waals surface area (Å²) in [6.45, 7) is 2.66. The predicted octanol–water partition coefficient (Wildman–Crippen LogP) is 3.15. The van der Waals surface area contributed by atoms with E-state index in [1.165, 1.54) is 0 Å². The molecule has 5 nitrogen and oxygen atoms in total. The lowest BCUT2D eigenvalue weighted by Gasteiger charge is -2.17. The number of aromatic nitrogens is 1. The normalized spacial score (nSPS) is 12.6. The summed E-state index contributed by atoms with van der Waals surface area (Å²) in [5.41, 5.74) is 1.57. The molecule has 1 aromatic heterocycles. The average molecular weight is 309 g/mol. The summed E-state index contributed by atoms with van der Waals surface area (Å²) in [5, 5.41) is 9.53. The van der Waals surface area contributed by atoms with E-state index in [0.29, 0.717) is 24.0 Å². The lowest BCUT2D eigenvalue weighted by molar-refractivity contribution is -0.141. The minimum Gasteiger partial charge on any atom is -0.481 e. The van der Waals surface area contributed by atoms with Gasteiger partial charge in [0.15, 0.2) is 0 Å². The van der Waals surface area contributed by atoms with E-state index in [9.17, 15) is 4.79 Å². The molecular weight excluding hydrogens is 292 g/mol. The molecule has 1 heterocycles. The van der Waals surface area contributed by atoms with Crippen LogP contribution in [0.25, 0.3) is 11.5 Å². The van der Waals surface area contributed by atoms with Crippen LogP contribution in [0.1, 0.15) is 12.6 Å². The molecule has 0 saturated carbocycles. The quantitative estimate of drug-likeness (QED) is 0.888. The van der Waals surface area contributed by atoms with Crippen LogP contribution in [-0.2, 0) is 11.3 Å². The number of carbonyl (C=O) groups is 1. The van der Waals surface area contributed by atoms with Gasteiger partial charge < -0.3 is 9.52 Å². The molecule has 1 unspecified atom stereocenters. The van der Waals surface area contributed by atoms with Crippen molar-refractivity contribution in [3.8, 4) is 11.5 Å². The Hall–Kier alpha value is -1.85. The van der Waals surface area contributed by atoms with E-state index >= 15 is 0 Å². The van der Waals surface area contributed by atoms with Gasteiger partial charge in [0.25, 0.3) is 0 Å². The highest BCUT2D eigenvalue weighted by Gasteiger charge is 2.15. The highest BCUT2D eigenvalue weighted by molar-refractivity contribution is 6.30. The first kappa shape index (κ1) is 15.5. The third-order valence-electron chi connectivity index (χ3n) is 3.06. The van der Waals surface area contributed by atoms with Crippen molar-refractivity contribution in [2.24, 2.45) is 5.92 Å². The van der Waals surface area contributed by atoms with Gasteiger partial charge in [-0.2, -0.15) is 0 Å². The van der Waals surface area contributed by atoms with Gasteiger partial charge in [-0.25, -0.2) is 4.98 Å². The van der Waals surface area contributed by atoms with Gasteiger partial charge in [-0.15, -0.1) is 0 Å². The van der Waals surface area contributed by atoms with Gasteiger partial charge >= 0.3 is 5.97 Å². The third kappa shape index (κ3) is 4.31. The summed E-state index contributed by atoms with van der Waals surface area (Å²) in [6.07, 6.45) is 1.58. The molecule has 1 atom stereocenters. The second-order valence-corrected chi connectivity index (χ2v) is 5.53. The first-order valence-electron chi connectivity index (χ1n) is 6.57. The molecule has 0 saturated heterocycles. The van der Waals surface area contributed by atoms with Crippen molar-refractivity contribution in [3.05, 3.63) is 41.2 Å². The highest BCUT2D eigenvalue weighted by Crippen LogP contribution is 2.22. The monoisotopic (exact) mass is 308 g/mol. The van der Waals surface area contributed by atoms with Crippen molar-refractivity contribution in [1.82, 2.24) is 9.88 Å². The summed E-state index contributed by atoms with van der Waals surface area (Å²) in [6, 6.07) is 7.28. The molecule has 0 aliphatic heterocycles. The van der Waals surface area contributed by atoms with Gasteiger partial charge in [0, 0.05) is 23.7 Å². The van der Waals surface area contributed by atoms with Crippen molar-refractivity contribution >= 4 is 17.6 Å². The predicted molar refractivity (Wildman–Crippen MR) is 80.1 cm³/mol. The average Bonchev–Trinajstić information content (AvgIpc) is 2.86. The number of carboxylic acid groups (broad SMARTS) is 1. The SMILES string of the molecule is CC(CN(C)Cc1coc(-c2cccc(Cl)c2)n1)C(=O)O. The Morgan fingerprint density at radius 2 is 2.29 bits per heavy atom. The second-order valence-electron chi connectivity index (χ2n) is 5.09. The molecule has 6 heteroatoms. The maximum absolute atomic E-state index is 10.8. The van der Waals surface area contributed by atoms with Crippen LogP contribution in [0.15, 0.2) is 34.9 Å². The standard InChI is InChI=1S/C15H17ClN2O3/c1-10(15(19)20)7-18(2)8-13-9-21-14(17-13)11-4-3-5-12(16)6-11/h3-6,9-10H,7-8H2,1-2H3,(H,19,20). The first-order valence-corrected chi connectivity index (χ1v) is 6.95. The smallest absolute Gasteiger partial charge is 0.307 e. The lowest BCUT2D eigenvalue weighted by Crippen LogP contribution is -2.28. The number of rotatable bonds is 6. The van der Waals surface area contributed by atoms with Crippen LogP contribution < -0.4 is 0 Å². The lowest BCUT2D eigenvalue weighted by atomic mass is 10.2. The van der Waals surface area contributed by atoms with E-state index in [1.807, 2.05) is 24.1 Å². The Morgan fingerprint density at radius 1 is 1.52 bits per heavy atom. The molecule has 0 radical (unpaired) electrons. The fraction of sp³-hybridized carbons (Fsp3) is 0.333. The maximum Gasteiger partial charge on any atom is 0.307 e. The van der Waals surface area contributed by atoms with Gasteiger partial charge in [0.2, 0.25) is 5.89 Å². The highest BCUT2D eigenvalue weighted by atomic mass is 35.5. The minimum absolute atomic E-state index is 0.422. The van der Waals surface area contributed by atoms with Gasteiger partial charge in [-0.05, 0) is 25.2 Å². The van der Waals surface area contributed by atoms with Crippen molar-refractivity contribution in [1.29, 1.82) is 0 Å². The molecule has 21 heavy (non-hydrogen) atoms. The van der Waals surface area contributed by atoms with Gasteiger partial charge in [-0.1, -0.05) is 24.6 Å². The van der Waals surface area contributed by atoms with E-state index in [4.69, 9.17) is 21.1 Å². The van der Waals surface area contributed by atoms with Gasteiger partial charge in [-0.3, -0.25) is 9.69 Å². The number of nitrogens with zero attached hydrogens (tertiary/aromatic N) is 2. The van der Waals surface area contributed by atoms with Crippen LogP contribution in [-0.4, -0.2) is 34.6 Å². The number of aliphatic carboxylic acids is 1. The Bertz CT molecular complexity index is 627. The van der Waals surface area contributed by atoms with Crippen LogP contribution >= 0.6 is 11.6 Å². The molecule has 0 amide bonds. The molecule has 1 aromatic carbocycles. The molecule has 2 aromatic rings. The number of halogens is 1. The Labute approximate surface area is 128 Å². The zero-order valence-corrected chi connectivity index (χ0v) is 12.7. The number of oxazole rings is 1. The summed E-state index contributed by atoms with van der Waals surface area (Å²) >= 11 is 5.94. The largest absolute Gasteiger partial charge is 0.481 e. The maximum atomic E-state index is 10.8. The van der Waals surface area contributed by atoms with Crippen molar-refractivity contribution in [2.75, 3.05) is 13.6 Å². The molecule has 2 rings (SSSR count). The van der Waals surface area contributed by atoms with Crippen molar-refractivity contribution in [2.45, 2.75) is 13.5 Å². The van der Waals surface area contributed by atoms with E-state index in [2.05, 4.69) is 4.98 Å². The fourth-order valence-corrected chi connectivity index (χ4v) is 2.21. The molecule has 1 N–H and O–H groups in total. The molecule has 0 aliphatic rings. The van der Waals surface area contributed by atoms with Crippen molar-refractivity contribution in [3.63, 3.8) is 0 Å². The second kappa shape index (κ2) is 6.74. The molecule has 0 fully saturated rings. The topological polar surface area (TPSA) is 66.6 Å². The molecule has 0 aliphatic carbocycles. The third-order valence-corrected chi connectivity index (χ3v) is 3.30.